The molecule has 1 unspecified atom stereocenters. The zero-order valence-electron chi connectivity index (χ0n) is 9.92. The van der Waals surface area contributed by atoms with Crippen LogP contribution in [-0.4, -0.2) is 5.78 Å². The molecule has 0 heterocycles. The van der Waals surface area contributed by atoms with Gasteiger partial charge in [-0.25, -0.2) is 0 Å². The SMILES string of the molecule is CCC(CCC(C)=O)c1ccc(C)cc1. The highest BCUT2D eigenvalue weighted by molar-refractivity contribution is 5.75. The number of aryl methyl sites for hydroxylation is 1. The van der Waals surface area contributed by atoms with E-state index < -0.39 is 0 Å². The van der Waals surface area contributed by atoms with Crippen LogP contribution in [0.2, 0.25) is 0 Å². The van der Waals surface area contributed by atoms with Crippen molar-refractivity contribution >= 4 is 5.78 Å². The van der Waals surface area contributed by atoms with E-state index in [0.717, 1.165) is 12.8 Å². The fraction of sp³-hybridized carbons (Fsp3) is 0.500. The van der Waals surface area contributed by atoms with Crippen LogP contribution in [-0.2, 0) is 4.79 Å². The third kappa shape index (κ3) is 3.86. The molecule has 0 aliphatic carbocycles. The second-order valence-corrected chi connectivity index (χ2v) is 4.26. The van der Waals surface area contributed by atoms with Crippen molar-refractivity contribution in [2.24, 2.45) is 0 Å². The van der Waals surface area contributed by atoms with Crippen LogP contribution >= 0.6 is 0 Å². The summed E-state index contributed by atoms with van der Waals surface area (Å²) in [5, 5.41) is 0. The van der Waals surface area contributed by atoms with Crippen LogP contribution < -0.4 is 0 Å². The Bertz CT molecular complexity index is 311. The van der Waals surface area contributed by atoms with E-state index in [1.165, 1.54) is 11.1 Å². The smallest absolute Gasteiger partial charge is 0.129 e. The summed E-state index contributed by atoms with van der Waals surface area (Å²) in [6, 6.07) is 8.66. The summed E-state index contributed by atoms with van der Waals surface area (Å²) < 4.78 is 0. The van der Waals surface area contributed by atoms with Crippen molar-refractivity contribution in [2.45, 2.75) is 46.0 Å². The Hall–Kier alpha value is -1.11. The standard InChI is InChI=1S/C14H20O/c1-4-13(10-7-12(3)15)14-8-5-11(2)6-9-14/h5-6,8-9,13H,4,7,10H2,1-3H3. The van der Waals surface area contributed by atoms with Crippen LogP contribution in [0.5, 0.6) is 0 Å². The lowest BCUT2D eigenvalue weighted by molar-refractivity contribution is -0.117. The molecule has 0 spiro atoms. The first-order valence-electron chi connectivity index (χ1n) is 5.69. The highest BCUT2D eigenvalue weighted by Gasteiger charge is 2.09. The Balaban J connectivity index is 2.65. The van der Waals surface area contributed by atoms with Gasteiger partial charge in [-0.05, 0) is 38.2 Å². The molecule has 1 aromatic rings. The van der Waals surface area contributed by atoms with Gasteiger partial charge in [0.05, 0.1) is 0 Å². The molecule has 15 heavy (non-hydrogen) atoms. The number of rotatable bonds is 5. The maximum Gasteiger partial charge on any atom is 0.129 e. The summed E-state index contributed by atoms with van der Waals surface area (Å²) in [4.78, 5) is 10.9. The Morgan fingerprint density at radius 1 is 1.27 bits per heavy atom. The van der Waals surface area contributed by atoms with Crippen LogP contribution in [0.1, 0.15) is 50.2 Å². The molecule has 0 saturated heterocycles. The molecule has 82 valence electrons. The fourth-order valence-corrected chi connectivity index (χ4v) is 1.82. The first-order valence-corrected chi connectivity index (χ1v) is 5.69. The summed E-state index contributed by atoms with van der Waals surface area (Å²) >= 11 is 0. The maximum absolute atomic E-state index is 10.9. The van der Waals surface area contributed by atoms with Gasteiger partial charge in [0, 0.05) is 6.42 Å². The van der Waals surface area contributed by atoms with Crippen LogP contribution in [0.25, 0.3) is 0 Å². The zero-order chi connectivity index (χ0) is 11.3. The minimum atomic E-state index is 0.292. The molecule has 1 atom stereocenters. The van der Waals surface area contributed by atoms with Crippen LogP contribution in [0.3, 0.4) is 0 Å². The fourth-order valence-electron chi connectivity index (χ4n) is 1.82. The van der Waals surface area contributed by atoms with E-state index >= 15 is 0 Å². The first-order chi connectivity index (χ1) is 7.13. The molecule has 0 bridgehead atoms. The lowest BCUT2D eigenvalue weighted by Gasteiger charge is -2.14. The van der Waals surface area contributed by atoms with Gasteiger partial charge in [-0.2, -0.15) is 0 Å². The second kappa shape index (κ2) is 5.69. The van der Waals surface area contributed by atoms with Crippen molar-refractivity contribution in [1.82, 2.24) is 0 Å². The summed E-state index contributed by atoms with van der Waals surface area (Å²) in [6.07, 6.45) is 2.79. The Kier molecular flexibility index (Phi) is 4.54. The maximum atomic E-state index is 10.9. The molecule has 0 aromatic heterocycles. The van der Waals surface area contributed by atoms with Crippen molar-refractivity contribution in [3.05, 3.63) is 35.4 Å². The monoisotopic (exact) mass is 204 g/mol. The molecular formula is C14H20O. The third-order valence-electron chi connectivity index (χ3n) is 2.89. The number of hydrogen-bond acceptors (Lipinski definition) is 1. The molecule has 1 rings (SSSR count). The van der Waals surface area contributed by atoms with Gasteiger partial charge in [0.2, 0.25) is 0 Å². The van der Waals surface area contributed by atoms with Gasteiger partial charge in [0.15, 0.2) is 0 Å². The number of Topliss-reactive ketones (excluding diaryl/α,β-unsaturated/α-hetero) is 1. The average molecular weight is 204 g/mol. The van der Waals surface area contributed by atoms with Gasteiger partial charge in [0.25, 0.3) is 0 Å². The highest BCUT2D eigenvalue weighted by atomic mass is 16.1. The molecule has 0 fully saturated rings. The number of benzene rings is 1. The van der Waals surface area contributed by atoms with Crippen LogP contribution in [0, 0.1) is 6.92 Å². The van der Waals surface area contributed by atoms with Crippen LogP contribution in [0.15, 0.2) is 24.3 Å². The topological polar surface area (TPSA) is 17.1 Å². The summed E-state index contributed by atoms with van der Waals surface area (Å²) in [5.74, 6) is 0.829. The van der Waals surface area contributed by atoms with Crippen molar-refractivity contribution in [3.63, 3.8) is 0 Å². The molecule has 1 heteroatoms. The van der Waals surface area contributed by atoms with Gasteiger partial charge in [0.1, 0.15) is 5.78 Å². The predicted molar refractivity (Wildman–Crippen MR) is 64.1 cm³/mol. The lowest BCUT2D eigenvalue weighted by atomic mass is 9.91. The average Bonchev–Trinajstić information content (AvgIpc) is 2.21. The van der Waals surface area contributed by atoms with Crippen molar-refractivity contribution in [2.75, 3.05) is 0 Å². The van der Waals surface area contributed by atoms with Crippen molar-refractivity contribution in [1.29, 1.82) is 0 Å². The summed E-state index contributed by atoms with van der Waals surface area (Å²) in [6.45, 7) is 5.95. The number of hydrogen-bond donors (Lipinski definition) is 0. The van der Waals surface area contributed by atoms with Crippen LogP contribution in [0.4, 0.5) is 0 Å². The molecule has 0 aliphatic heterocycles. The van der Waals surface area contributed by atoms with Gasteiger partial charge < -0.3 is 4.79 Å². The van der Waals surface area contributed by atoms with E-state index in [1.807, 2.05) is 0 Å². The third-order valence-corrected chi connectivity index (χ3v) is 2.89. The molecule has 0 radical (unpaired) electrons. The molecule has 0 N–H and O–H groups in total. The van der Waals surface area contributed by atoms with E-state index in [0.29, 0.717) is 18.1 Å². The molecule has 1 aromatic carbocycles. The van der Waals surface area contributed by atoms with E-state index in [-0.39, 0.29) is 0 Å². The Morgan fingerprint density at radius 3 is 2.33 bits per heavy atom. The number of ketones is 1. The summed E-state index contributed by atoms with van der Waals surface area (Å²) in [7, 11) is 0. The van der Waals surface area contributed by atoms with Gasteiger partial charge in [-0.1, -0.05) is 36.8 Å². The van der Waals surface area contributed by atoms with E-state index in [9.17, 15) is 4.79 Å². The molecular weight excluding hydrogens is 184 g/mol. The molecule has 1 nitrogen and oxygen atoms in total. The lowest BCUT2D eigenvalue weighted by Crippen LogP contribution is -2.00. The molecule has 0 saturated carbocycles. The van der Waals surface area contributed by atoms with E-state index in [4.69, 9.17) is 0 Å². The second-order valence-electron chi connectivity index (χ2n) is 4.26. The zero-order valence-corrected chi connectivity index (χ0v) is 9.92. The molecule has 0 amide bonds. The number of carbonyl (C=O) groups is 1. The van der Waals surface area contributed by atoms with Crippen molar-refractivity contribution in [3.8, 4) is 0 Å². The normalized spacial score (nSPS) is 12.5. The van der Waals surface area contributed by atoms with Gasteiger partial charge in [-0.15, -0.1) is 0 Å². The molecule has 0 aliphatic rings. The Labute approximate surface area is 92.5 Å². The minimum Gasteiger partial charge on any atom is -0.300 e. The largest absolute Gasteiger partial charge is 0.300 e. The highest BCUT2D eigenvalue weighted by Crippen LogP contribution is 2.24. The minimum absolute atomic E-state index is 0.292. The first kappa shape index (κ1) is 12.0. The number of carbonyl (C=O) groups excluding carboxylic acids is 1. The quantitative estimate of drug-likeness (QED) is 0.711. The van der Waals surface area contributed by atoms with Gasteiger partial charge in [-0.3, -0.25) is 0 Å². The predicted octanol–water partition coefficient (Wildman–Crippen LogP) is 3.86. The summed E-state index contributed by atoms with van der Waals surface area (Å²) in [5.41, 5.74) is 2.66. The Morgan fingerprint density at radius 2 is 1.87 bits per heavy atom. The van der Waals surface area contributed by atoms with Crippen molar-refractivity contribution < 1.29 is 4.79 Å². The van der Waals surface area contributed by atoms with E-state index in [2.05, 4.69) is 38.1 Å². The van der Waals surface area contributed by atoms with E-state index in [1.54, 1.807) is 6.92 Å². The van der Waals surface area contributed by atoms with Gasteiger partial charge >= 0.3 is 0 Å².